The first kappa shape index (κ1) is 34.1. The van der Waals surface area contributed by atoms with Crippen LogP contribution in [0.1, 0.15) is 30.0 Å². The SMILES string of the molecule is CCCNC(=O)[C@H](Cc1ccccc1)N(Cc1cccc(C)c1)C(=O)CN(c1ccccc1)S(=O)(=O)c1ccc(OC)c(OC)c1. The van der Waals surface area contributed by atoms with Crippen LogP contribution in [0.15, 0.2) is 108 Å². The summed E-state index contributed by atoms with van der Waals surface area (Å²) < 4.78 is 40.3. The molecule has 46 heavy (non-hydrogen) atoms. The molecule has 0 aliphatic rings. The first-order chi connectivity index (χ1) is 22.2. The molecular formula is C36H41N3O6S. The molecule has 4 aromatic carbocycles. The van der Waals surface area contributed by atoms with Gasteiger partial charge in [0.15, 0.2) is 11.5 Å². The zero-order chi connectivity index (χ0) is 33.1. The highest BCUT2D eigenvalue weighted by atomic mass is 32.2. The fourth-order valence-corrected chi connectivity index (χ4v) is 6.58. The molecule has 242 valence electrons. The molecule has 1 atom stereocenters. The summed E-state index contributed by atoms with van der Waals surface area (Å²) in [5, 5.41) is 2.96. The zero-order valence-electron chi connectivity index (χ0n) is 26.7. The molecule has 4 aromatic rings. The Hall–Kier alpha value is -4.83. The van der Waals surface area contributed by atoms with Crippen molar-refractivity contribution in [2.24, 2.45) is 0 Å². The van der Waals surface area contributed by atoms with Crippen molar-refractivity contribution in [1.29, 1.82) is 0 Å². The molecule has 0 unspecified atom stereocenters. The lowest BCUT2D eigenvalue weighted by Crippen LogP contribution is -2.53. The van der Waals surface area contributed by atoms with Gasteiger partial charge in [-0.3, -0.25) is 13.9 Å². The van der Waals surface area contributed by atoms with Gasteiger partial charge in [-0.2, -0.15) is 0 Å². The predicted molar refractivity (Wildman–Crippen MR) is 179 cm³/mol. The molecule has 0 aliphatic carbocycles. The minimum atomic E-state index is -4.29. The summed E-state index contributed by atoms with van der Waals surface area (Å²) in [5.41, 5.74) is 3.00. The maximum Gasteiger partial charge on any atom is 0.264 e. The predicted octanol–water partition coefficient (Wildman–Crippen LogP) is 5.37. The molecule has 1 N–H and O–H groups in total. The molecule has 2 amide bonds. The van der Waals surface area contributed by atoms with Crippen molar-refractivity contribution in [3.8, 4) is 11.5 Å². The number of hydrogen-bond donors (Lipinski definition) is 1. The summed E-state index contributed by atoms with van der Waals surface area (Å²) in [6.07, 6.45) is 0.975. The van der Waals surface area contributed by atoms with E-state index in [1.54, 1.807) is 30.3 Å². The van der Waals surface area contributed by atoms with E-state index in [-0.39, 0.29) is 29.5 Å². The highest BCUT2D eigenvalue weighted by Gasteiger charge is 2.35. The fourth-order valence-electron chi connectivity index (χ4n) is 5.15. The van der Waals surface area contributed by atoms with Crippen LogP contribution in [0.5, 0.6) is 11.5 Å². The molecule has 0 bridgehead atoms. The van der Waals surface area contributed by atoms with Crippen molar-refractivity contribution in [3.63, 3.8) is 0 Å². The molecule has 0 radical (unpaired) electrons. The maximum absolute atomic E-state index is 14.5. The molecule has 0 saturated carbocycles. The summed E-state index contributed by atoms with van der Waals surface area (Å²) in [6, 6.07) is 29.0. The third-order valence-corrected chi connectivity index (χ3v) is 9.29. The largest absolute Gasteiger partial charge is 0.493 e. The van der Waals surface area contributed by atoms with Crippen LogP contribution >= 0.6 is 0 Å². The normalized spacial score (nSPS) is 11.7. The molecule has 0 aliphatic heterocycles. The van der Waals surface area contributed by atoms with E-state index in [0.717, 1.165) is 27.4 Å². The van der Waals surface area contributed by atoms with Gasteiger partial charge in [-0.05, 0) is 48.7 Å². The van der Waals surface area contributed by atoms with Crippen molar-refractivity contribution in [1.82, 2.24) is 10.2 Å². The lowest BCUT2D eigenvalue weighted by Gasteiger charge is -2.34. The number of nitrogens with zero attached hydrogens (tertiary/aromatic N) is 2. The summed E-state index contributed by atoms with van der Waals surface area (Å²) in [5.74, 6) is -0.225. The van der Waals surface area contributed by atoms with Crippen molar-refractivity contribution in [2.75, 3.05) is 31.6 Å². The summed E-state index contributed by atoms with van der Waals surface area (Å²) in [4.78, 5) is 29.7. The van der Waals surface area contributed by atoms with Crippen molar-refractivity contribution >= 4 is 27.5 Å². The second kappa shape index (κ2) is 15.9. The van der Waals surface area contributed by atoms with Crippen LogP contribution in [-0.2, 0) is 32.6 Å². The molecular weight excluding hydrogens is 602 g/mol. The summed E-state index contributed by atoms with van der Waals surface area (Å²) in [7, 11) is -1.40. The Morgan fingerprint density at radius 2 is 1.46 bits per heavy atom. The average Bonchev–Trinajstić information content (AvgIpc) is 3.07. The number of nitrogens with one attached hydrogen (secondary N) is 1. The minimum Gasteiger partial charge on any atom is -0.493 e. The highest BCUT2D eigenvalue weighted by Crippen LogP contribution is 2.32. The third kappa shape index (κ3) is 8.45. The Morgan fingerprint density at radius 1 is 0.804 bits per heavy atom. The summed E-state index contributed by atoms with van der Waals surface area (Å²) in [6.45, 7) is 3.92. The maximum atomic E-state index is 14.5. The number of sulfonamides is 1. The van der Waals surface area contributed by atoms with Gasteiger partial charge in [0.2, 0.25) is 11.8 Å². The van der Waals surface area contributed by atoms with Crippen LogP contribution < -0.4 is 19.1 Å². The lowest BCUT2D eigenvalue weighted by atomic mass is 10.0. The molecule has 0 heterocycles. The van der Waals surface area contributed by atoms with Crippen molar-refractivity contribution < 1.29 is 27.5 Å². The van der Waals surface area contributed by atoms with Crippen LogP contribution in [-0.4, -0.2) is 58.5 Å². The molecule has 9 nitrogen and oxygen atoms in total. The van der Waals surface area contributed by atoms with Gasteiger partial charge in [0.25, 0.3) is 10.0 Å². The van der Waals surface area contributed by atoms with Gasteiger partial charge in [0.05, 0.1) is 24.8 Å². The number of benzene rings is 4. The second-order valence-corrected chi connectivity index (χ2v) is 12.7. The number of ether oxygens (including phenoxy) is 2. The van der Waals surface area contributed by atoms with E-state index in [2.05, 4.69) is 5.32 Å². The van der Waals surface area contributed by atoms with Gasteiger partial charge in [-0.25, -0.2) is 8.42 Å². The number of rotatable bonds is 15. The molecule has 0 spiro atoms. The van der Waals surface area contributed by atoms with E-state index >= 15 is 0 Å². The Morgan fingerprint density at radius 3 is 2.09 bits per heavy atom. The van der Waals surface area contributed by atoms with Crippen LogP contribution in [0.4, 0.5) is 5.69 Å². The van der Waals surface area contributed by atoms with Crippen LogP contribution in [0, 0.1) is 6.92 Å². The van der Waals surface area contributed by atoms with Crippen molar-refractivity contribution in [3.05, 3.63) is 120 Å². The molecule has 4 rings (SSSR count). The molecule has 0 aromatic heterocycles. The van der Waals surface area contributed by atoms with Gasteiger partial charge in [0, 0.05) is 25.6 Å². The third-order valence-electron chi connectivity index (χ3n) is 7.52. The number of hydrogen-bond acceptors (Lipinski definition) is 6. The van der Waals surface area contributed by atoms with Gasteiger partial charge in [0.1, 0.15) is 12.6 Å². The number of carbonyl (C=O) groups is 2. The molecule has 0 saturated heterocycles. The van der Waals surface area contributed by atoms with Crippen LogP contribution in [0.2, 0.25) is 0 Å². The van der Waals surface area contributed by atoms with Gasteiger partial charge in [-0.15, -0.1) is 0 Å². The Bertz CT molecular complexity index is 1710. The standard InChI is InChI=1S/C36H41N3O6S/c1-5-21-37-36(41)32(23-28-14-8-6-9-15-28)38(25-29-16-12-13-27(2)22-29)35(40)26-39(30-17-10-7-11-18-30)46(42,43)31-19-20-33(44-3)34(24-31)45-4/h6-20,22,24,32H,5,21,23,25-26H2,1-4H3,(H,37,41)/t32-/m0/s1. The molecule has 10 heteroatoms. The van der Waals surface area contributed by atoms with Gasteiger partial charge >= 0.3 is 0 Å². The minimum absolute atomic E-state index is 0.0754. The van der Waals surface area contributed by atoms with Gasteiger partial charge < -0.3 is 19.7 Å². The average molecular weight is 644 g/mol. The van der Waals surface area contributed by atoms with Crippen molar-refractivity contribution in [2.45, 2.75) is 44.2 Å². The smallest absolute Gasteiger partial charge is 0.264 e. The highest BCUT2D eigenvalue weighted by molar-refractivity contribution is 7.92. The Balaban J connectivity index is 1.80. The van der Waals surface area contributed by atoms with E-state index in [1.165, 1.54) is 37.3 Å². The first-order valence-corrected chi connectivity index (χ1v) is 16.6. The van der Waals surface area contributed by atoms with E-state index in [9.17, 15) is 18.0 Å². The number of anilines is 1. The number of amides is 2. The van der Waals surface area contributed by atoms with E-state index in [4.69, 9.17) is 9.47 Å². The van der Waals surface area contributed by atoms with Crippen LogP contribution in [0.25, 0.3) is 0 Å². The Kier molecular flexibility index (Phi) is 11.8. The van der Waals surface area contributed by atoms with E-state index in [1.807, 2.05) is 68.4 Å². The second-order valence-electron chi connectivity index (χ2n) is 10.9. The number of methoxy groups -OCH3 is 2. The Labute approximate surface area is 271 Å². The van der Waals surface area contributed by atoms with Crippen LogP contribution in [0.3, 0.4) is 0 Å². The quantitative estimate of drug-likeness (QED) is 0.187. The lowest BCUT2D eigenvalue weighted by molar-refractivity contribution is -0.140. The summed E-state index contributed by atoms with van der Waals surface area (Å²) >= 11 is 0. The number of aryl methyl sites for hydroxylation is 1. The number of carbonyl (C=O) groups excluding carboxylic acids is 2. The monoisotopic (exact) mass is 643 g/mol. The molecule has 0 fully saturated rings. The zero-order valence-corrected chi connectivity index (χ0v) is 27.5. The van der Waals surface area contributed by atoms with E-state index in [0.29, 0.717) is 18.0 Å². The van der Waals surface area contributed by atoms with Gasteiger partial charge in [-0.1, -0.05) is 85.3 Å². The van der Waals surface area contributed by atoms with E-state index < -0.39 is 28.5 Å². The first-order valence-electron chi connectivity index (χ1n) is 15.1. The number of para-hydroxylation sites is 1. The topological polar surface area (TPSA) is 105 Å². The fraction of sp³-hybridized carbons (Fsp3) is 0.278.